The molecule has 2 rings (SSSR count). The maximum Gasteiger partial charge on any atom is 0.305 e. The van der Waals surface area contributed by atoms with Crippen LogP contribution in [0.25, 0.3) is 0 Å². The summed E-state index contributed by atoms with van der Waals surface area (Å²) < 4.78 is 11.4. The van der Waals surface area contributed by atoms with E-state index >= 15 is 0 Å². The van der Waals surface area contributed by atoms with E-state index in [4.69, 9.17) is 9.47 Å². The molecule has 3 atom stereocenters. The van der Waals surface area contributed by atoms with Crippen molar-refractivity contribution < 1.29 is 19.1 Å². The molecule has 0 aromatic carbocycles. The van der Waals surface area contributed by atoms with Gasteiger partial charge >= 0.3 is 5.97 Å². The number of rotatable bonds is 17. The van der Waals surface area contributed by atoms with Crippen molar-refractivity contribution in [1.29, 1.82) is 0 Å². The molecular formula is C33H48O4. The number of ketones is 1. The van der Waals surface area contributed by atoms with Gasteiger partial charge in [-0.2, -0.15) is 0 Å². The Bertz CT molecular complexity index is 842. The lowest BCUT2D eigenvalue weighted by Crippen LogP contribution is -2.39. The molecule has 0 fully saturated rings. The van der Waals surface area contributed by atoms with Crippen LogP contribution in [0.15, 0.2) is 72.4 Å². The molecular weight excluding hydrogens is 460 g/mol. The molecule has 0 N–H and O–H groups in total. The highest BCUT2D eigenvalue weighted by atomic mass is 16.6. The number of hydrogen-bond donors (Lipinski definition) is 0. The summed E-state index contributed by atoms with van der Waals surface area (Å²) in [5, 5.41) is 0. The molecule has 2 aliphatic rings. The number of ether oxygens (including phenoxy) is 2. The van der Waals surface area contributed by atoms with E-state index in [1.807, 2.05) is 6.08 Å². The van der Waals surface area contributed by atoms with Crippen molar-refractivity contribution in [2.45, 2.75) is 110 Å². The first-order valence-electron chi connectivity index (χ1n) is 14.4. The zero-order valence-electron chi connectivity index (χ0n) is 23.1. The average molecular weight is 509 g/mol. The monoisotopic (exact) mass is 508 g/mol. The Morgan fingerprint density at radius 2 is 1.62 bits per heavy atom. The van der Waals surface area contributed by atoms with Crippen molar-refractivity contribution >= 4 is 11.8 Å². The second kappa shape index (κ2) is 19.6. The third kappa shape index (κ3) is 13.6. The third-order valence-corrected chi connectivity index (χ3v) is 6.86. The minimum Gasteiger partial charge on any atom is -0.462 e. The van der Waals surface area contributed by atoms with Crippen LogP contribution in [0.4, 0.5) is 0 Å². The molecule has 0 saturated carbocycles. The quantitative estimate of drug-likeness (QED) is 0.113. The van der Waals surface area contributed by atoms with Gasteiger partial charge in [0.15, 0.2) is 11.9 Å². The Hall–Kier alpha value is -2.46. The lowest BCUT2D eigenvalue weighted by molar-refractivity contribution is -0.153. The maximum atomic E-state index is 12.2. The summed E-state index contributed by atoms with van der Waals surface area (Å²) in [5.74, 6) is -0.0866. The number of hydrogen-bond acceptors (Lipinski definition) is 4. The molecule has 0 radical (unpaired) electrons. The van der Waals surface area contributed by atoms with E-state index in [9.17, 15) is 9.59 Å². The van der Waals surface area contributed by atoms with Gasteiger partial charge in [0.05, 0.1) is 6.10 Å². The molecule has 0 aromatic heterocycles. The molecule has 204 valence electrons. The van der Waals surface area contributed by atoms with Gasteiger partial charge in [0, 0.05) is 12.3 Å². The zero-order valence-corrected chi connectivity index (χ0v) is 23.1. The Kier molecular flexibility index (Phi) is 16.3. The van der Waals surface area contributed by atoms with E-state index in [0.29, 0.717) is 12.3 Å². The highest BCUT2D eigenvalue weighted by Gasteiger charge is 2.32. The third-order valence-electron chi connectivity index (χ3n) is 6.86. The smallest absolute Gasteiger partial charge is 0.305 e. The van der Waals surface area contributed by atoms with E-state index in [2.05, 4.69) is 68.5 Å². The van der Waals surface area contributed by atoms with Crippen molar-refractivity contribution in [3.05, 3.63) is 72.4 Å². The van der Waals surface area contributed by atoms with Crippen molar-refractivity contribution in [2.75, 3.05) is 6.61 Å². The average Bonchev–Trinajstić information content (AvgIpc) is 2.90. The second-order valence-electron chi connectivity index (χ2n) is 10.0. The summed E-state index contributed by atoms with van der Waals surface area (Å²) in [7, 11) is 0. The van der Waals surface area contributed by atoms with Crippen LogP contribution in [-0.4, -0.2) is 30.6 Å². The zero-order chi connectivity index (χ0) is 26.6. The SMILES string of the molecule is CCCCC/C=C\C/C=C\C/C=C\C/C=C\CCCC(=O)OC[C@H]1O[C@H](C2CCCC=C2C)C=CC1=O. The van der Waals surface area contributed by atoms with Gasteiger partial charge in [-0.25, -0.2) is 0 Å². The summed E-state index contributed by atoms with van der Waals surface area (Å²) in [4.78, 5) is 24.3. The molecule has 1 aliphatic carbocycles. The number of carbonyl (C=O) groups excluding carboxylic acids is 2. The molecule has 1 aliphatic heterocycles. The van der Waals surface area contributed by atoms with Gasteiger partial charge in [-0.3, -0.25) is 9.59 Å². The predicted molar refractivity (Wildman–Crippen MR) is 153 cm³/mol. The van der Waals surface area contributed by atoms with Crippen molar-refractivity contribution in [1.82, 2.24) is 0 Å². The molecule has 0 bridgehead atoms. The van der Waals surface area contributed by atoms with Gasteiger partial charge in [-0.1, -0.05) is 86.1 Å². The summed E-state index contributed by atoms with van der Waals surface area (Å²) in [5.41, 5.74) is 1.32. The first kappa shape index (κ1) is 30.8. The van der Waals surface area contributed by atoms with E-state index < -0.39 is 6.10 Å². The minimum absolute atomic E-state index is 0.00167. The maximum absolute atomic E-state index is 12.2. The second-order valence-corrected chi connectivity index (χ2v) is 10.0. The van der Waals surface area contributed by atoms with Crippen LogP contribution < -0.4 is 0 Å². The van der Waals surface area contributed by atoms with Crippen LogP contribution in [0.2, 0.25) is 0 Å². The topological polar surface area (TPSA) is 52.6 Å². The molecule has 0 amide bonds. The van der Waals surface area contributed by atoms with Crippen LogP contribution in [-0.2, 0) is 19.1 Å². The van der Waals surface area contributed by atoms with Crippen LogP contribution in [0.3, 0.4) is 0 Å². The number of esters is 1. The van der Waals surface area contributed by atoms with Crippen LogP contribution in [0.5, 0.6) is 0 Å². The summed E-state index contributed by atoms with van der Waals surface area (Å²) >= 11 is 0. The van der Waals surface area contributed by atoms with Crippen molar-refractivity contribution in [2.24, 2.45) is 5.92 Å². The Morgan fingerprint density at radius 3 is 2.27 bits per heavy atom. The van der Waals surface area contributed by atoms with Crippen molar-refractivity contribution in [3.8, 4) is 0 Å². The lowest BCUT2D eigenvalue weighted by Gasteiger charge is -2.33. The first-order valence-corrected chi connectivity index (χ1v) is 14.4. The predicted octanol–water partition coefficient (Wildman–Crippen LogP) is 8.31. The molecule has 4 heteroatoms. The number of carbonyl (C=O) groups is 2. The fourth-order valence-corrected chi connectivity index (χ4v) is 4.59. The van der Waals surface area contributed by atoms with Gasteiger partial charge < -0.3 is 9.47 Å². The first-order chi connectivity index (χ1) is 18.1. The highest BCUT2D eigenvalue weighted by Crippen LogP contribution is 2.31. The molecule has 37 heavy (non-hydrogen) atoms. The number of allylic oxidation sites excluding steroid dienone is 9. The van der Waals surface area contributed by atoms with Gasteiger partial charge in [0.25, 0.3) is 0 Å². The highest BCUT2D eigenvalue weighted by molar-refractivity contribution is 5.94. The molecule has 1 unspecified atom stereocenters. The molecule has 4 nitrogen and oxygen atoms in total. The van der Waals surface area contributed by atoms with Crippen molar-refractivity contribution in [3.63, 3.8) is 0 Å². The van der Waals surface area contributed by atoms with E-state index in [1.54, 1.807) is 6.08 Å². The fourth-order valence-electron chi connectivity index (χ4n) is 4.59. The van der Waals surface area contributed by atoms with Crippen LogP contribution in [0.1, 0.15) is 97.3 Å². The molecule has 0 aromatic rings. The van der Waals surface area contributed by atoms with Gasteiger partial charge in [0.2, 0.25) is 0 Å². The van der Waals surface area contributed by atoms with E-state index in [-0.39, 0.29) is 24.5 Å². The normalized spacial score (nSPS) is 22.6. The summed E-state index contributed by atoms with van der Waals surface area (Å²) in [6.45, 7) is 4.36. The largest absolute Gasteiger partial charge is 0.462 e. The Balaban J connectivity index is 1.50. The molecule has 0 spiro atoms. The van der Waals surface area contributed by atoms with Gasteiger partial charge in [-0.15, -0.1) is 0 Å². The Labute approximate surface area is 225 Å². The molecule has 0 saturated heterocycles. The van der Waals surface area contributed by atoms with Gasteiger partial charge in [0.1, 0.15) is 6.61 Å². The fraction of sp³-hybridized carbons (Fsp3) is 0.576. The number of unbranched alkanes of at least 4 members (excludes halogenated alkanes) is 4. The van der Waals surface area contributed by atoms with Crippen LogP contribution in [0, 0.1) is 5.92 Å². The lowest BCUT2D eigenvalue weighted by atomic mass is 9.83. The summed E-state index contributed by atoms with van der Waals surface area (Å²) in [6.07, 6.45) is 35.7. The van der Waals surface area contributed by atoms with E-state index in [0.717, 1.165) is 51.4 Å². The summed E-state index contributed by atoms with van der Waals surface area (Å²) in [6, 6.07) is 0. The standard InChI is InChI=1S/C33H48O4/c1-3-4-5-6-7-8-9-10-11-12-13-14-15-16-17-18-19-24-33(35)36-27-32-30(34)25-26-31(37-32)29-23-21-20-22-28(29)2/h7-8,10-11,13-14,16-17,22,25-26,29,31-32H,3-6,9,12,15,18-21,23-24,27H2,1-2H3/b8-7-,11-10-,14-13-,17-16-/t29?,31-,32+/m0/s1. The van der Waals surface area contributed by atoms with Gasteiger partial charge in [-0.05, 0) is 77.2 Å². The minimum atomic E-state index is -0.692. The van der Waals surface area contributed by atoms with E-state index in [1.165, 1.54) is 31.3 Å². The molecule has 1 heterocycles. The Morgan fingerprint density at radius 1 is 0.973 bits per heavy atom. The van der Waals surface area contributed by atoms with Crippen LogP contribution >= 0.6 is 0 Å².